The van der Waals surface area contributed by atoms with Crippen LogP contribution in [0.2, 0.25) is 0 Å². The van der Waals surface area contributed by atoms with E-state index in [1.807, 2.05) is 69.4 Å². The Bertz CT molecular complexity index is 982. The minimum absolute atomic E-state index is 0.0496. The highest BCUT2D eigenvalue weighted by Crippen LogP contribution is 2.25. The molecule has 1 atom stereocenters. The molecule has 7 heteroatoms. The van der Waals surface area contributed by atoms with Gasteiger partial charge in [-0.3, -0.25) is 4.79 Å². The number of amides is 1. The van der Waals surface area contributed by atoms with Gasteiger partial charge in [0, 0.05) is 31.5 Å². The molecule has 1 aliphatic rings. The van der Waals surface area contributed by atoms with Crippen molar-refractivity contribution < 1.29 is 4.79 Å². The van der Waals surface area contributed by atoms with Gasteiger partial charge in [-0.15, -0.1) is 10.2 Å². The van der Waals surface area contributed by atoms with Crippen LogP contribution in [0.5, 0.6) is 0 Å². The van der Waals surface area contributed by atoms with Gasteiger partial charge in [-0.2, -0.15) is 5.10 Å². The summed E-state index contributed by atoms with van der Waals surface area (Å²) < 4.78 is 1.80. The summed E-state index contributed by atoms with van der Waals surface area (Å²) in [7, 11) is 1.85. The lowest BCUT2D eigenvalue weighted by Crippen LogP contribution is -2.44. The molecule has 1 aliphatic heterocycles. The number of hydrogen-bond acceptors (Lipinski definition) is 5. The molecule has 150 valence electrons. The molecule has 0 saturated carbocycles. The van der Waals surface area contributed by atoms with Crippen LogP contribution < -0.4 is 9.80 Å². The maximum Gasteiger partial charge on any atom is 0.231 e. The van der Waals surface area contributed by atoms with Crippen LogP contribution >= 0.6 is 0 Å². The topological polar surface area (TPSA) is 67.2 Å². The first-order valence-corrected chi connectivity index (χ1v) is 9.98. The van der Waals surface area contributed by atoms with Gasteiger partial charge in [0.25, 0.3) is 0 Å². The number of anilines is 2. The number of carbonyl (C=O) groups excluding carboxylic acids is 1. The Balaban J connectivity index is 1.47. The van der Waals surface area contributed by atoms with E-state index in [1.165, 1.54) is 0 Å². The van der Waals surface area contributed by atoms with Crippen molar-refractivity contribution in [2.75, 3.05) is 29.9 Å². The molecule has 7 nitrogen and oxygen atoms in total. The van der Waals surface area contributed by atoms with E-state index in [9.17, 15) is 4.79 Å². The third-order valence-corrected chi connectivity index (χ3v) is 5.43. The van der Waals surface area contributed by atoms with Crippen LogP contribution in [0.3, 0.4) is 0 Å². The summed E-state index contributed by atoms with van der Waals surface area (Å²) in [5.74, 6) is 1.60. The number of nitrogens with zero attached hydrogens (tertiary/aromatic N) is 6. The molecular formula is C22H26N6O. The molecule has 29 heavy (non-hydrogen) atoms. The summed E-state index contributed by atoms with van der Waals surface area (Å²) >= 11 is 0. The van der Waals surface area contributed by atoms with Crippen LogP contribution in [0.15, 0.2) is 48.5 Å². The van der Waals surface area contributed by atoms with Crippen molar-refractivity contribution in [3.63, 3.8) is 0 Å². The number of aromatic nitrogens is 4. The van der Waals surface area contributed by atoms with Crippen LogP contribution in [-0.2, 0) is 4.79 Å². The van der Waals surface area contributed by atoms with Crippen molar-refractivity contribution in [2.45, 2.75) is 26.7 Å². The Kier molecular flexibility index (Phi) is 5.29. The standard InChI is InChI=1S/C22H26N6O/c1-16-14-17(2)28(25-16)21-12-11-20(23-24-21)27-13-7-8-18(15-27)22(29)26(3)19-9-5-4-6-10-19/h4-6,9-12,14,18H,7-8,13,15H2,1-3H3. The van der Waals surface area contributed by atoms with Crippen molar-refractivity contribution in [3.8, 4) is 5.82 Å². The molecule has 0 spiro atoms. The molecule has 2 aromatic heterocycles. The Morgan fingerprint density at radius 1 is 1.07 bits per heavy atom. The zero-order valence-corrected chi connectivity index (χ0v) is 17.1. The van der Waals surface area contributed by atoms with E-state index in [4.69, 9.17) is 0 Å². The molecule has 1 unspecified atom stereocenters. The summed E-state index contributed by atoms with van der Waals surface area (Å²) in [5, 5.41) is 13.2. The highest BCUT2D eigenvalue weighted by Gasteiger charge is 2.29. The summed E-state index contributed by atoms with van der Waals surface area (Å²) in [6.07, 6.45) is 1.85. The van der Waals surface area contributed by atoms with Crippen molar-refractivity contribution in [1.29, 1.82) is 0 Å². The first-order valence-electron chi connectivity index (χ1n) is 9.98. The highest BCUT2D eigenvalue weighted by molar-refractivity contribution is 5.94. The molecule has 1 fully saturated rings. The van der Waals surface area contributed by atoms with Crippen molar-refractivity contribution in [1.82, 2.24) is 20.0 Å². The van der Waals surface area contributed by atoms with E-state index in [0.717, 1.165) is 42.3 Å². The second-order valence-corrected chi connectivity index (χ2v) is 7.61. The molecule has 0 N–H and O–H groups in total. The van der Waals surface area contributed by atoms with E-state index >= 15 is 0 Å². The first-order chi connectivity index (χ1) is 14.0. The van der Waals surface area contributed by atoms with Crippen LogP contribution in [0.1, 0.15) is 24.2 Å². The van der Waals surface area contributed by atoms with Gasteiger partial charge in [-0.25, -0.2) is 4.68 Å². The maximum atomic E-state index is 13.0. The molecule has 4 rings (SSSR count). The second kappa shape index (κ2) is 8.03. The average molecular weight is 390 g/mol. The number of para-hydroxylation sites is 1. The highest BCUT2D eigenvalue weighted by atomic mass is 16.2. The Labute approximate surface area is 171 Å². The summed E-state index contributed by atoms with van der Waals surface area (Å²) in [6, 6.07) is 15.7. The average Bonchev–Trinajstić information content (AvgIpc) is 3.11. The van der Waals surface area contributed by atoms with Gasteiger partial charge in [0.05, 0.1) is 11.6 Å². The van der Waals surface area contributed by atoms with Crippen LogP contribution in [0.4, 0.5) is 11.5 Å². The molecule has 3 aromatic rings. The van der Waals surface area contributed by atoms with Gasteiger partial charge < -0.3 is 9.80 Å². The normalized spacial score (nSPS) is 16.7. The maximum absolute atomic E-state index is 13.0. The van der Waals surface area contributed by atoms with E-state index in [2.05, 4.69) is 20.2 Å². The first kappa shape index (κ1) is 19.1. The lowest BCUT2D eigenvalue weighted by Gasteiger charge is -2.34. The van der Waals surface area contributed by atoms with E-state index in [0.29, 0.717) is 12.4 Å². The molecule has 1 saturated heterocycles. The fraction of sp³-hybridized carbons (Fsp3) is 0.364. The zero-order valence-electron chi connectivity index (χ0n) is 17.1. The predicted octanol–water partition coefficient (Wildman–Crippen LogP) is 3.16. The van der Waals surface area contributed by atoms with Gasteiger partial charge in [0.1, 0.15) is 0 Å². The number of hydrogen-bond donors (Lipinski definition) is 0. The van der Waals surface area contributed by atoms with Crippen LogP contribution in [0.25, 0.3) is 5.82 Å². The largest absolute Gasteiger partial charge is 0.354 e. The van der Waals surface area contributed by atoms with E-state index in [-0.39, 0.29) is 11.8 Å². The molecule has 0 bridgehead atoms. The van der Waals surface area contributed by atoms with Crippen LogP contribution in [-0.4, -0.2) is 46.0 Å². The van der Waals surface area contributed by atoms with Gasteiger partial charge in [-0.1, -0.05) is 18.2 Å². The summed E-state index contributed by atoms with van der Waals surface area (Å²) in [5.41, 5.74) is 2.90. The number of carbonyl (C=O) groups is 1. The monoisotopic (exact) mass is 390 g/mol. The molecule has 1 aromatic carbocycles. The molecule has 0 aliphatic carbocycles. The van der Waals surface area contributed by atoms with E-state index < -0.39 is 0 Å². The quantitative estimate of drug-likeness (QED) is 0.685. The summed E-state index contributed by atoms with van der Waals surface area (Å²) in [4.78, 5) is 16.9. The number of aryl methyl sites for hydroxylation is 2. The fourth-order valence-corrected chi connectivity index (χ4v) is 3.90. The lowest BCUT2D eigenvalue weighted by molar-refractivity contribution is -0.122. The number of piperidine rings is 1. The van der Waals surface area contributed by atoms with Crippen molar-refractivity contribution in [2.24, 2.45) is 5.92 Å². The van der Waals surface area contributed by atoms with Gasteiger partial charge >= 0.3 is 0 Å². The van der Waals surface area contributed by atoms with E-state index in [1.54, 1.807) is 9.58 Å². The Morgan fingerprint density at radius 3 is 2.45 bits per heavy atom. The predicted molar refractivity (Wildman–Crippen MR) is 113 cm³/mol. The number of rotatable bonds is 4. The minimum atomic E-state index is -0.0496. The Morgan fingerprint density at radius 2 is 1.79 bits per heavy atom. The zero-order chi connectivity index (χ0) is 20.4. The lowest BCUT2D eigenvalue weighted by atomic mass is 9.96. The number of benzene rings is 1. The SMILES string of the molecule is Cc1cc(C)n(-c2ccc(N3CCCC(C(=O)N(C)c4ccccc4)C3)nn2)n1. The molecule has 3 heterocycles. The summed E-state index contributed by atoms with van der Waals surface area (Å²) in [6.45, 7) is 5.50. The van der Waals surface area contributed by atoms with Gasteiger partial charge in [0.2, 0.25) is 5.91 Å². The molecular weight excluding hydrogens is 364 g/mol. The third-order valence-electron chi connectivity index (χ3n) is 5.43. The smallest absolute Gasteiger partial charge is 0.231 e. The van der Waals surface area contributed by atoms with Crippen molar-refractivity contribution in [3.05, 3.63) is 59.9 Å². The van der Waals surface area contributed by atoms with Crippen molar-refractivity contribution >= 4 is 17.4 Å². The van der Waals surface area contributed by atoms with Gasteiger partial charge in [-0.05, 0) is 57.0 Å². The fourth-order valence-electron chi connectivity index (χ4n) is 3.90. The Hall–Kier alpha value is -3.22. The van der Waals surface area contributed by atoms with Crippen LogP contribution in [0, 0.1) is 19.8 Å². The van der Waals surface area contributed by atoms with Gasteiger partial charge in [0.15, 0.2) is 11.6 Å². The third kappa shape index (κ3) is 3.99. The minimum Gasteiger partial charge on any atom is -0.354 e. The second-order valence-electron chi connectivity index (χ2n) is 7.61. The molecule has 0 radical (unpaired) electrons. The molecule has 1 amide bonds.